The summed E-state index contributed by atoms with van der Waals surface area (Å²) < 4.78 is 0. The number of urea groups is 1. The number of carbonyl (C=O) groups is 1. The zero-order valence-electron chi connectivity index (χ0n) is 7.91. The molecule has 1 aliphatic rings. The average Bonchev–Trinajstić information content (AvgIpc) is 2.66. The van der Waals surface area contributed by atoms with Crippen molar-refractivity contribution in [1.29, 1.82) is 0 Å². The molecular formula is C8H14ClN3O2. The Morgan fingerprint density at radius 3 is 2.64 bits per heavy atom. The van der Waals surface area contributed by atoms with Crippen LogP contribution in [0.25, 0.3) is 0 Å². The van der Waals surface area contributed by atoms with E-state index in [4.69, 9.17) is 11.6 Å². The second-order valence-corrected chi connectivity index (χ2v) is 3.70. The van der Waals surface area contributed by atoms with E-state index in [1.54, 1.807) is 0 Å². The van der Waals surface area contributed by atoms with E-state index in [-0.39, 0.29) is 18.5 Å². The Bertz CT molecular complexity index is 207. The molecule has 14 heavy (non-hydrogen) atoms. The molecule has 5 nitrogen and oxygen atoms in total. The molecule has 0 atom stereocenters. The van der Waals surface area contributed by atoms with Gasteiger partial charge in [-0.25, -0.2) is 4.79 Å². The first kappa shape index (κ1) is 11.2. The van der Waals surface area contributed by atoms with Gasteiger partial charge in [-0.3, -0.25) is 0 Å². The zero-order chi connectivity index (χ0) is 10.4. The van der Waals surface area contributed by atoms with Crippen LogP contribution in [0.2, 0.25) is 0 Å². The molecule has 0 heterocycles. The lowest BCUT2D eigenvalue weighted by atomic mass is 10.2. The van der Waals surface area contributed by atoms with Gasteiger partial charge in [0.1, 0.15) is 0 Å². The second kappa shape index (κ2) is 5.80. The largest absolute Gasteiger partial charge is 0.340 e. The molecule has 1 aliphatic carbocycles. The standard InChI is InChI=1S/C8H14ClN3O2/c9-5-6-12(11-14)8(13)10-7-3-1-2-4-7/h7H,1-6H2,(H,10,13). The van der Waals surface area contributed by atoms with Crippen LogP contribution in [0.1, 0.15) is 25.7 Å². The first-order valence-electron chi connectivity index (χ1n) is 4.75. The maximum atomic E-state index is 11.4. The van der Waals surface area contributed by atoms with Crippen LogP contribution in [0.15, 0.2) is 5.29 Å². The Hall–Kier alpha value is -0.840. The normalized spacial score (nSPS) is 16.6. The van der Waals surface area contributed by atoms with Crippen LogP contribution in [0.4, 0.5) is 4.79 Å². The Morgan fingerprint density at radius 2 is 2.14 bits per heavy atom. The van der Waals surface area contributed by atoms with Crippen molar-refractivity contribution in [3.63, 3.8) is 0 Å². The van der Waals surface area contributed by atoms with Crippen molar-refractivity contribution in [2.75, 3.05) is 12.4 Å². The molecule has 1 fully saturated rings. The summed E-state index contributed by atoms with van der Waals surface area (Å²) in [6.07, 6.45) is 4.24. The van der Waals surface area contributed by atoms with Gasteiger partial charge in [0, 0.05) is 11.9 Å². The van der Waals surface area contributed by atoms with Crippen LogP contribution in [0.3, 0.4) is 0 Å². The van der Waals surface area contributed by atoms with E-state index in [2.05, 4.69) is 10.6 Å². The van der Waals surface area contributed by atoms with Crippen molar-refractivity contribution in [3.8, 4) is 0 Å². The number of carbonyl (C=O) groups excluding carboxylic acids is 1. The lowest BCUT2D eigenvalue weighted by Crippen LogP contribution is -2.42. The Kier molecular flexibility index (Phi) is 4.65. The number of alkyl halides is 1. The van der Waals surface area contributed by atoms with Gasteiger partial charge >= 0.3 is 6.03 Å². The summed E-state index contributed by atoms with van der Waals surface area (Å²) in [4.78, 5) is 21.6. The number of nitroso groups, excluding NO2 is 1. The van der Waals surface area contributed by atoms with Crippen LogP contribution in [-0.4, -0.2) is 29.5 Å². The predicted molar refractivity (Wildman–Crippen MR) is 54.0 cm³/mol. The average molecular weight is 220 g/mol. The third-order valence-corrected chi connectivity index (χ3v) is 2.48. The molecule has 0 spiro atoms. The number of nitrogens with zero attached hydrogens (tertiary/aromatic N) is 2. The van der Waals surface area contributed by atoms with Gasteiger partial charge in [0.05, 0.1) is 11.8 Å². The number of nitrogens with one attached hydrogen (secondary N) is 1. The third kappa shape index (κ3) is 3.14. The number of halogens is 1. The fourth-order valence-electron chi connectivity index (χ4n) is 1.58. The third-order valence-electron chi connectivity index (χ3n) is 2.31. The fraction of sp³-hybridized carbons (Fsp3) is 0.875. The molecule has 0 bridgehead atoms. The van der Waals surface area contributed by atoms with E-state index in [0.717, 1.165) is 30.7 Å². The van der Waals surface area contributed by atoms with Crippen LogP contribution in [0.5, 0.6) is 0 Å². The molecule has 0 saturated heterocycles. The zero-order valence-corrected chi connectivity index (χ0v) is 8.66. The van der Waals surface area contributed by atoms with Crippen molar-refractivity contribution in [2.45, 2.75) is 31.7 Å². The van der Waals surface area contributed by atoms with Crippen molar-refractivity contribution >= 4 is 17.6 Å². The first-order valence-corrected chi connectivity index (χ1v) is 5.28. The Morgan fingerprint density at radius 1 is 1.50 bits per heavy atom. The van der Waals surface area contributed by atoms with Crippen LogP contribution < -0.4 is 5.32 Å². The van der Waals surface area contributed by atoms with E-state index >= 15 is 0 Å². The molecule has 1 saturated carbocycles. The van der Waals surface area contributed by atoms with Crippen molar-refractivity contribution in [2.24, 2.45) is 5.29 Å². The monoisotopic (exact) mass is 219 g/mol. The number of hydrogen-bond acceptors (Lipinski definition) is 3. The van der Waals surface area contributed by atoms with Gasteiger partial charge in [0.2, 0.25) is 0 Å². The number of hydrogen-bond donors (Lipinski definition) is 1. The summed E-state index contributed by atoms with van der Waals surface area (Å²) in [6, 6.07) is -0.241. The summed E-state index contributed by atoms with van der Waals surface area (Å²) in [5, 5.41) is 6.18. The number of rotatable bonds is 4. The topological polar surface area (TPSA) is 61.8 Å². The van der Waals surface area contributed by atoms with Crippen molar-refractivity contribution < 1.29 is 4.79 Å². The molecule has 0 radical (unpaired) electrons. The quantitative estimate of drug-likeness (QED) is 0.446. The molecule has 0 aromatic heterocycles. The van der Waals surface area contributed by atoms with Gasteiger partial charge in [-0.05, 0) is 12.8 Å². The highest BCUT2D eigenvalue weighted by molar-refractivity contribution is 6.18. The summed E-state index contributed by atoms with van der Waals surface area (Å²) in [6.45, 7) is 0.156. The molecule has 6 heteroatoms. The smallest absolute Gasteiger partial charge is 0.334 e. The van der Waals surface area contributed by atoms with Crippen LogP contribution in [-0.2, 0) is 0 Å². The molecule has 0 aromatic rings. The number of amides is 2. The van der Waals surface area contributed by atoms with Gasteiger partial charge in [-0.2, -0.15) is 5.01 Å². The molecule has 0 unspecified atom stereocenters. The lowest BCUT2D eigenvalue weighted by Gasteiger charge is -2.16. The van der Waals surface area contributed by atoms with Gasteiger partial charge in [-0.15, -0.1) is 16.5 Å². The van der Waals surface area contributed by atoms with E-state index < -0.39 is 6.03 Å². The van der Waals surface area contributed by atoms with E-state index in [1.165, 1.54) is 0 Å². The molecule has 2 amide bonds. The molecule has 0 aromatic carbocycles. The maximum Gasteiger partial charge on any atom is 0.340 e. The maximum absolute atomic E-state index is 11.4. The minimum atomic E-state index is -0.437. The molecule has 0 aliphatic heterocycles. The molecule has 80 valence electrons. The highest BCUT2D eigenvalue weighted by atomic mass is 35.5. The van der Waals surface area contributed by atoms with E-state index in [0.29, 0.717) is 0 Å². The SMILES string of the molecule is O=NN(CCCl)C(=O)NC1CCCC1. The molecule has 1 rings (SSSR count). The first-order chi connectivity index (χ1) is 6.77. The van der Waals surface area contributed by atoms with Crippen molar-refractivity contribution in [3.05, 3.63) is 4.91 Å². The molecule has 1 N–H and O–H groups in total. The highest BCUT2D eigenvalue weighted by Crippen LogP contribution is 2.17. The highest BCUT2D eigenvalue weighted by Gasteiger charge is 2.20. The summed E-state index contributed by atoms with van der Waals surface area (Å²) in [5.41, 5.74) is 0. The van der Waals surface area contributed by atoms with E-state index in [9.17, 15) is 9.70 Å². The van der Waals surface area contributed by atoms with Gasteiger partial charge in [0.15, 0.2) is 0 Å². The predicted octanol–water partition coefficient (Wildman–Crippen LogP) is 1.86. The van der Waals surface area contributed by atoms with Gasteiger partial charge in [0.25, 0.3) is 0 Å². The van der Waals surface area contributed by atoms with Crippen molar-refractivity contribution in [1.82, 2.24) is 10.3 Å². The van der Waals surface area contributed by atoms with Crippen LogP contribution >= 0.6 is 11.6 Å². The van der Waals surface area contributed by atoms with Crippen LogP contribution in [0, 0.1) is 4.91 Å². The lowest BCUT2D eigenvalue weighted by molar-refractivity contribution is 0.198. The van der Waals surface area contributed by atoms with E-state index in [1.807, 2.05) is 0 Å². The minimum Gasteiger partial charge on any atom is -0.334 e. The van der Waals surface area contributed by atoms with Gasteiger partial charge in [-0.1, -0.05) is 12.8 Å². The molecular weight excluding hydrogens is 206 g/mol. The Labute approximate surface area is 87.7 Å². The second-order valence-electron chi connectivity index (χ2n) is 3.32. The minimum absolute atomic E-state index is 0.156. The summed E-state index contributed by atoms with van der Waals surface area (Å²) in [5.74, 6) is 0.212. The fourth-order valence-corrected chi connectivity index (χ4v) is 1.74. The summed E-state index contributed by atoms with van der Waals surface area (Å²) in [7, 11) is 0. The Balaban J connectivity index is 2.34. The summed E-state index contributed by atoms with van der Waals surface area (Å²) >= 11 is 5.42. The van der Waals surface area contributed by atoms with Gasteiger partial charge < -0.3 is 5.32 Å².